The molecule has 0 bridgehead atoms. The van der Waals surface area contributed by atoms with Crippen LogP contribution in [0.2, 0.25) is 0 Å². The summed E-state index contributed by atoms with van der Waals surface area (Å²) in [6, 6.07) is 28.4. The van der Waals surface area contributed by atoms with Crippen LogP contribution in [0.5, 0.6) is 0 Å². The first-order chi connectivity index (χ1) is 38.2. The zero-order valence-corrected chi connectivity index (χ0v) is 47.9. The molecule has 4 aromatic carbocycles. The monoisotopic (exact) mass is 1100 g/mol. The number of piperidine rings is 4. The topological polar surface area (TPSA) is 148 Å². The summed E-state index contributed by atoms with van der Waals surface area (Å²) in [5.74, 6) is 0.773. The number of Topliss-reactive ketones (excluding diaryl/α,β-unsaturated/α-hetero) is 2. The fourth-order valence-electron chi connectivity index (χ4n) is 12.7. The molecule has 4 aromatic rings. The van der Waals surface area contributed by atoms with Crippen molar-refractivity contribution in [2.24, 2.45) is 11.8 Å². The van der Waals surface area contributed by atoms with E-state index < -0.39 is 23.4 Å². The summed E-state index contributed by atoms with van der Waals surface area (Å²) in [6.07, 6.45) is 6.83. The highest BCUT2D eigenvalue weighted by Gasteiger charge is 2.49. The molecule has 16 heteroatoms. The van der Waals surface area contributed by atoms with Crippen molar-refractivity contribution in [1.82, 2.24) is 20.0 Å². The fraction of sp³-hybridized carbons (Fsp3) is 0.562. The number of benzene rings is 4. The van der Waals surface area contributed by atoms with E-state index in [2.05, 4.69) is 20.0 Å². The lowest BCUT2D eigenvalue weighted by molar-refractivity contribution is 0.0212. The van der Waals surface area contributed by atoms with Crippen LogP contribution in [0.15, 0.2) is 97.1 Å². The number of β-amino-alcohol motifs (C(OH)–C–C–N with tert-alkyl or cyclic N) is 1. The Labute approximate surface area is 472 Å². The molecule has 0 saturated carbocycles. The van der Waals surface area contributed by atoms with E-state index in [1.165, 1.54) is 25.0 Å². The summed E-state index contributed by atoms with van der Waals surface area (Å²) in [5.41, 5.74) is 3.31. The third kappa shape index (κ3) is 14.9. The van der Waals surface area contributed by atoms with Gasteiger partial charge in [0, 0.05) is 41.6 Å². The number of rotatable bonds is 10. The van der Waals surface area contributed by atoms with Crippen LogP contribution in [0.4, 0.5) is 29.7 Å². The largest absolute Gasteiger partial charge is 0.443 e. The van der Waals surface area contributed by atoms with Gasteiger partial charge < -0.3 is 29.5 Å². The van der Waals surface area contributed by atoms with Crippen molar-refractivity contribution in [3.8, 4) is 0 Å². The van der Waals surface area contributed by atoms with Gasteiger partial charge in [0.15, 0.2) is 11.6 Å². The van der Waals surface area contributed by atoms with Gasteiger partial charge >= 0.3 is 12.2 Å². The third-order valence-corrected chi connectivity index (χ3v) is 17.2. The molecule has 5 saturated heterocycles. The summed E-state index contributed by atoms with van der Waals surface area (Å²) >= 11 is 0. The predicted octanol–water partition coefficient (Wildman–Crippen LogP) is 10.1. The molecule has 14 nitrogen and oxygen atoms in total. The van der Waals surface area contributed by atoms with E-state index in [9.17, 15) is 33.1 Å². The smallest absolute Gasteiger partial charge is 0.414 e. The molecule has 7 aliphatic heterocycles. The number of epoxide rings is 1. The highest BCUT2D eigenvalue weighted by Crippen LogP contribution is 2.49. The van der Waals surface area contributed by atoms with E-state index in [0.29, 0.717) is 38.8 Å². The highest BCUT2D eigenvalue weighted by molar-refractivity contribution is 5.98. The number of nitrogens with zero attached hydrogens (tertiary/aromatic N) is 5. The van der Waals surface area contributed by atoms with Crippen molar-refractivity contribution in [1.29, 1.82) is 0 Å². The van der Waals surface area contributed by atoms with Crippen LogP contribution in [0, 0.1) is 23.5 Å². The van der Waals surface area contributed by atoms with Crippen molar-refractivity contribution in [2.75, 3.05) is 101 Å². The second-order valence-corrected chi connectivity index (χ2v) is 25.3. The number of carbonyl (C=O) groups is 4. The molecule has 11 rings (SSSR count). The number of fused-ring (bicyclic) bond motifs is 4. The molecular formula is C64H84F2N6O8. The minimum absolute atomic E-state index is 0.139. The van der Waals surface area contributed by atoms with Gasteiger partial charge in [0.25, 0.3) is 0 Å². The number of anilines is 2. The quantitative estimate of drug-likeness (QED) is 0.115. The van der Waals surface area contributed by atoms with Crippen LogP contribution in [0.3, 0.4) is 0 Å². The van der Waals surface area contributed by atoms with Crippen molar-refractivity contribution >= 4 is 35.1 Å². The molecule has 5 fully saturated rings. The average molecular weight is 1100 g/mol. The first kappa shape index (κ1) is 59.0. The zero-order valence-electron chi connectivity index (χ0n) is 47.9. The van der Waals surface area contributed by atoms with E-state index in [0.717, 1.165) is 137 Å². The highest BCUT2D eigenvalue weighted by atomic mass is 19.1. The molecule has 432 valence electrons. The molecule has 2 N–H and O–H groups in total. The number of halogens is 2. The van der Waals surface area contributed by atoms with Crippen molar-refractivity contribution in [2.45, 2.75) is 127 Å². The lowest BCUT2D eigenvalue weighted by Crippen LogP contribution is -2.49. The second-order valence-electron chi connectivity index (χ2n) is 25.3. The molecule has 0 aliphatic carbocycles. The molecule has 0 aromatic heterocycles. The molecule has 2 amide bonds. The minimum atomic E-state index is -0.611. The van der Waals surface area contributed by atoms with E-state index in [1.807, 2.05) is 102 Å². The van der Waals surface area contributed by atoms with Gasteiger partial charge in [0.1, 0.15) is 22.8 Å². The van der Waals surface area contributed by atoms with Crippen LogP contribution in [0.25, 0.3) is 0 Å². The lowest BCUT2D eigenvalue weighted by atomic mass is 9.74. The van der Waals surface area contributed by atoms with E-state index in [1.54, 1.807) is 34.1 Å². The molecular weight excluding hydrogens is 1020 g/mol. The lowest BCUT2D eigenvalue weighted by Gasteiger charge is -2.42. The molecule has 2 spiro atoms. The average Bonchev–Trinajstić information content (AvgIpc) is 4.33. The normalized spacial score (nSPS) is 21.6. The standard InChI is InChI=1S/C32H42FN3O4.C17H23FN2O2.C15H19NO2/c1-31(2,3)40-30(39)36-22-32(26-19-25(33)9-10-27(26)36)13-17-35(18-14-32)21-29(38)24-11-15-34(16-12-24)20-28(37)23-7-5-4-6-8-23;1-16(2,3)22-15(21)20-11-17(6-8-19-9-7-17)13-10-12(18)4-5-14(13)20;17-14(12-4-2-1-3-5-12)10-16-8-6-13(7-9-16)15-11-18-15/h4-10,19,24,29,38H,11-18,20-22H2,1-3H3;4-5,10,19H,6-9,11H2,1-3H3;1-5,13,15H,6-11H2. The number of nitrogens with one attached hydrogen (secondary N) is 1. The summed E-state index contributed by atoms with van der Waals surface area (Å²) in [4.78, 5) is 60.3. The van der Waals surface area contributed by atoms with Crippen molar-refractivity contribution < 1.29 is 47.3 Å². The number of amides is 2. The number of aliphatic hydroxyl groups is 1. The molecule has 2 atom stereocenters. The van der Waals surface area contributed by atoms with Crippen molar-refractivity contribution in [3.63, 3.8) is 0 Å². The number of ether oxygens (including phenoxy) is 3. The maximum atomic E-state index is 14.3. The predicted molar refractivity (Wildman–Crippen MR) is 307 cm³/mol. The summed E-state index contributed by atoms with van der Waals surface area (Å²) in [6.45, 7) is 21.7. The van der Waals surface area contributed by atoms with Gasteiger partial charge in [-0.25, -0.2) is 18.4 Å². The number of likely N-dealkylation sites (tertiary alicyclic amines) is 3. The number of ketones is 2. The molecule has 0 radical (unpaired) electrons. The Morgan fingerprint density at radius 3 is 1.46 bits per heavy atom. The molecule has 7 aliphatic rings. The number of carbonyl (C=O) groups excluding carboxylic acids is 4. The summed E-state index contributed by atoms with van der Waals surface area (Å²) in [5, 5.41) is 14.4. The van der Waals surface area contributed by atoms with Gasteiger partial charge in [-0.1, -0.05) is 60.7 Å². The molecule has 7 heterocycles. The Morgan fingerprint density at radius 2 is 1.04 bits per heavy atom. The summed E-state index contributed by atoms with van der Waals surface area (Å²) in [7, 11) is 0. The Hall–Kier alpha value is -5.62. The second kappa shape index (κ2) is 25.3. The van der Waals surface area contributed by atoms with Gasteiger partial charge in [-0.15, -0.1) is 0 Å². The van der Waals surface area contributed by atoms with E-state index in [4.69, 9.17) is 14.2 Å². The van der Waals surface area contributed by atoms with Crippen LogP contribution >= 0.6 is 0 Å². The maximum absolute atomic E-state index is 14.3. The Bertz CT molecular complexity index is 2750. The van der Waals surface area contributed by atoms with E-state index >= 15 is 0 Å². The first-order valence-electron chi connectivity index (χ1n) is 29.1. The maximum Gasteiger partial charge on any atom is 0.414 e. The van der Waals surface area contributed by atoms with Crippen LogP contribution in [0.1, 0.15) is 125 Å². The Balaban J connectivity index is 0.000000162. The minimum Gasteiger partial charge on any atom is -0.443 e. The van der Waals surface area contributed by atoms with Gasteiger partial charge in [-0.3, -0.25) is 29.2 Å². The Morgan fingerprint density at radius 1 is 0.613 bits per heavy atom. The SMILES string of the molecule is CC(C)(C)OC(=O)N1CC2(CCN(CC(O)C3CCN(CC(=O)c4ccccc4)CC3)CC2)c2cc(F)ccc21.CC(C)(C)OC(=O)N1CC2(CCNCC2)c2cc(F)ccc21.O=C(CN1CCC(C2CO2)CC1)c1ccccc1. The number of hydrogen-bond acceptors (Lipinski definition) is 12. The number of aliphatic hydroxyl groups excluding tert-OH is 1. The molecule has 2 unspecified atom stereocenters. The Kier molecular flexibility index (Phi) is 18.6. The fourth-order valence-corrected chi connectivity index (χ4v) is 12.7. The zero-order chi connectivity index (χ0) is 56.8. The van der Waals surface area contributed by atoms with Crippen molar-refractivity contribution in [3.05, 3.63) is 131 Å². The van der Waals surface area contributed by atoms with Gasteiger partial charge in [-0.05, 0) is 205 Å². The van der Waals surface area contributed by atoms with Gasteiger partial charge in [-0.2, -0.15) is 0 Å². The van der Waals surface area contributed by atoms with E-state index in [-0.39, 0.29) is 46.0 Å². The van der Waals surface area contributed by atoms with Crippen LogP contribution < -0.4 is 15.1 Å². The van der Waals surface area contributed by atoms with Gasteiger partial charge in [0.2, 0.25) is 0 Å². The van der Waals surface area contributed by atoms with Gasteiger partial charge in [0.05, 0.1) is 43.3 Å². The molecule has 80 heavy (non-hydrogen) atoms. The van der Waals surface area contributed by atoms with Crippen LogP contribution in [-0.2, 0) is 25.0 Å². The first-order valence-corrected chi connectivity index (χ1v) is 29.1. The number of hydrogen-bond donors (Lipinski definition) is 2. The van der Waals surface area contributed by atoms with Crippen LogP contribution in [-0.4, -0.2) is 159 Å². The third-order valence-electron chi connectivity index (χ3n) is 17.2. The summed E-state index contributed by atoms with van der Waals surface area (Å²) < 4.78 is 44.6.